The first-order chi connectivity index (χ1) is 9.65. The molecule has 0 saturated heterocycles. The number of aryl methyl sites for hydroxylation is 2. The van der Waals surface area contributed by atoms with Gasteiger partial charge in [0.2, 0.25) is 10.0 Å². The molecule has 0 aliphatic carbocycles. The second-order valence-electron chi connectivity index (χ2n) is 5.20. The van der Waals surface area contributed by atoms with Crippen LogP contribution < -0.4 is 4.72 Å². The SMILES string of the molecule is Cc1nn(C)c(C)c1S(=O)(=O)NC[C@@](C)(O)c1ccco1. The highest BCUT2D eigenvalue weighted by atomic mass is 32.2. The van der Waals surface area contributed by atoms with Crippen molar-refractivity contribution in [3.05, 3.63) is 35.5 Å². The highest BCUT2D eigenvalue weighted by Gasteiger charge is 2.30. The van der Waals surface area contributed by atoms with Crippen LogP contribution in [0.3, 0.4) is 0 Å². The van der Waals surface area contributed by atoms with Gasteiger partial charge in [-0.2, -0.15) is 5.10 Å². The van der Waals surface area contributed by atoms with E-state index in [9.17, 15) is 13.5 Å². The maximum absolute atomic E-state index is 12.4. The molecule has 0 fully saturated rings. The highest BCUT2D eigenvalue weighted by molar-refractivity contribution is 7.89. The lowest BCUT2D eigenvalue weighted by Crippen LogP contribution is -2.38. The van der Waals surface area contributed by atoms with Gasteiger partial charge in [0.25, 0.3) is 0 Å². The summed E-state index contributed by atoms with van der Waals surface area (Å²) < 4.78 is 33.8. The lowest BCUT2D eigenvalue weighted by Gasteiger charge is -2.21. The Bertz CT molecular complexity index is 730. The van der Waals surface area contributed by atoms with Crippen LogP contribution in [0, 0.1) is 13.8 Å². The third kappa shape index (κ3) is 3.02. The first-order valence-electron chi connectivity index (χ1n) is 6.41. The standard InChI is InChI=1S/C13H19N3O4S/c1-9-12(10(2)16(4)15-9)21(18,19)14-8-13(3,17)11-6-5-7-20-11/h5-7,14,17H,8H2,1-4H3/t13-/m1/s1. The summed E-state index contributed by atoms with van der Waals surface area (Å²) in [6.45, 7) is 4.60. The van der Waals surface area contributed by atoms with E-state index in [0.29, 0.717) is 17.1 Å². The second-order valence-corrected chi connectivity index (χ2v) is 6.90. The van der Waals surface area contributed by atoms with Gasteiger partial charge in [-0.1, -0.05) is 0 Å². The zero-order chi connectivity index (χ0) is 15.8. The van der Waals surface area contributed by atoms with Crippen molar-refractivity contribution in [2.45, 2.75) is 31.3 Å². The molecule has 2 N–H and O–H groups in total. The van der Waals surface area contributed by atoms with E-state index in [0.717, 1.165) is 0 Å². The van der Waals surface area contributed by atoms with Gasteiger partial charge in [-0.25, -0.2) is 13.1 Å². The van der Waals surface area contributed by atoms with Crippen LogP contribution in [0.4, 0.5) is 0 Å². The van der Waals surface area contributed by atoms with E-state index in [4.69, 9.17) is 4.42 Å². The summed E-state index contributed by atoms with van der Waals surface area (Å²) in [4.78, 5) is 0.139. The fraction of sp³-hybridized carbons (Fsp3) is 0.462. The molecule has 21 heavy (non-hydrogen) atoms. The molecular weight excluding hydrogens is 294 g/mol. The Morgan fingerprint density at radius 3 is 2.62 bits per heavy atom. The molecule has 0 saturated carbocycles. The molecule has 0 unspecified atom stereocenters. The fourth-order valence-corrected chi connectivity index (χ4v) is 3.69. The molecule has 116 valence electrons. The number of furan rings is 1. The van der Waals surface area contributed by atoms with Crippen molar-refractivity contribution >= 4 is 10.0 Å². The molecule has 0 bridgehead atoms. The molecule has 0 radical (unpaired) electrons. The quantitative estimate of drug-likeness (QED) is 0.851. The first kappa shape index (κ1) is 15.7. The van der Waals surface area contributed by atoms with Gasteiger partial charge in [0.1, 0.15) is 16.3 Å². The maximum atomic E-state index is 12.4. The zero-order valence-corrected chi connectivity index (χ0v) is 13.2. The lowest BCUT2D eigenvalue weighted by molar-refractivity contribution is 0.0395. The monoisotopic (exact) mass is 313 g/mol. The van der Waals surface area contributed by atoms with Crippen LogP contribution in [0.2, 0.25) is 0 Å². The summed E-state index contributed by atoms with van der Waals surface area (Å²) in [6, 6.07) is 3.22. The van der Waals surface area contributed by atoms with Crippen molar-refractivity contribution in [3.63, 3.8) is 0 Å². The lowest BCUT2D eigenvalue weighted by atomic mass is 10.1. The summed E-state index contributed by atoms with van der Waals surface area (Å²) in [6.07, 6.45) is 1.42. The Morgan fingerprint density at radius 1 is 1.48 bits per heavy atom. The molecule has 2 aromatic rings. The average Bonchev–Trinajstić information content (AvgIpc) is 2.98. The summed E-state index contributed by atoms with van der Waals surface area (Å²) in [7, 11) is -2.08. The smallest absolute Gasteiger partial charge is 0.244 e. The number of sulfonamides is 1. The predicted octanol–water partition coefficient (Wildman–Crippen LogP) is 0.816. The van der Waals surface area contributed by atoms with Crippen molar-refractivity contribution < 1.29 is 17.9 Å². The molecular formula is C13H19N3O4S. The minimum Gasteiger partial charge on any atom is -0.466 e. The van der Waals surface area contributed by atoms with Crippen molar-refractivity contribution in [1.82, 2.24) is 14.5 Å². The minimum atomic E-state index is -3.76. The fourth-order valence-electron chi connectivity index (χ4n) is 2.12. The topological polar surface area (TPSA) is 97.4 Å². The van der Waals surface area contributed by atoms with Crippen molar-refractivity contribution in [2.75, 3.05) is 6.54 Å². The van der Waals surface area contributed by atoms with Crippen LogP contribution in [0.25, 0.3) is 0 Å². The Morgan fingerprint density at radius 2 is 2.14 bits per heavy atom. The third-order valence-corrected chi connectivity index (χ3v) is 5.02. The average molecular weight is 313 g/mol. The number of rotatable bonds is 5. The molecule has 0 aromatic carbocycles. The molecule has 0 amide bonds. The number of hydrogen-bond acceptors (Lipinski definition) is 5. The Labute approximate surface area is 123 Å². The second kappa shape index (κ2) is 5.28. The van der Waals surface area contributed by atoms with E-state index in [1.54, 1.807) is 33.0 Å². The van der Waals surface area contributed by atoms with Gasteiger partial charge in [0.15, 0.2) is 0 Å². The Balaban J connectivity index is 2.23. The summed E-state index contributed by atoms with van der Waals surface area (Å²) in [5, 5.41) is 14.4. The molecule has 0 aliphatic rings. The molecule has 1 atom stereocenters. The van der Waals surface area contributed by atoms with E-state index in [-0.39, 0.29) is 11.4 Å². The van der Waals surface area contributed by atoms with Gasteiger partial charge in [0, 0.05) is 13.6 Å². The van der Waals surface area contributed by atoms with Gasteiger partial charge in [-0.05, 0) is 32.9 Å². The number of aliphatic hydroxyl groups is 1. The van der Waals surface area contributed by atoms with Gasteiger partial charge in [-0.15, -0.1) is 0 Å². The molecule has 0 aliphatic heterocycles. The van der Waals surface area contributed by atoms with Gasteiger partial charge >= 0.3 is 0 Å². The normalized spacial score (nSPS) is 15.1. The van der Waals surface area contributed by atoms with E-state index < -0.39 is 15.6 Å². The number of nitrogens with one attached hydrogen (secondary N) is 1. The number of aromatic nitrogens is 2. The highest BCUT2D eigenvalue weighted by Crippen LogP contribution is 2.22. The maximum Gasteiger partial charge on any atom is 0.244 e. The van der Waals surface area contributed by atoms with Crippen molar-refractivity contribution in [1.29, 1.82) is 0 Å². The van der Waals surface area contributed by atoms with Crippen molar-refractivity contribution in [2.24, 2.45) is 7.05 Å². The summed E-state index contributed by atoms with van der Waals surface area (Å²) in [5.41, 5.74) is -0.474. The minimum absolute atomic E-state index is 0.139. The summed E-state index contributed by atoms with van der Waals surface area (Å²) >= 11 is 0. The first-order valence-corrected chi connectivity index (χ1v) is 7.90. The van der Waals surface area contributed by atoms with Gasteiger partial charge in [-0.3, -0.25) is 4.68 Å². The van der Waals surface area contributed by atoms with Gasteiger partial charge < -0.3 is 9.52 Å². The van der Waals surface area contributed by atoms with Crippen LogP contribution in [0.1, 0.15) is 24.1 Å². The zero-order valence-electron chi connectivity index (χ0n) is 12.4. The molecule has 2 rings (SSSR count). The molecule has 0 spiro atoms. The Kier molecular flexibility index (Phi) is 3.96. The van der Waals surface area contributed by atoms with Crippen LogP contribution in [-0.2, 0) is 22.7 Å². The van der Waals surface area contributed by atoms with Crippen molar-refractivity contribution in [3.8, 4) is 0 Å². The third-order valence-electron chi connectivity index (χ3n) is 3.37. The number of nitrogens with zero attached hydrogens (tertiary/aromatic N) is 2. The predicted molar refractivity (Wildman–Crippen MR) is 76.1 cm³/mol. The van der Waals surface area contributed by atoms with E-state index in [1.165, 1.54) is 17.9 Å². The van der Waals surface area contributed by atoms with Crippen LogP contribution in [0.5, 0.6) is 0 Å². The van der Waals surface area contributed by atoms with E-state index >= 15 is 0 Å². The molecule has 8 heteroatoms. The van der Waals surface area contributed by atoms with Crippen LogP contribution in [0.15, 0.2) is 27.7 Å². The molecule has 7 nitrogen and oxygen atoms in total. The van der Waals surface area contributed by atoms with Crippen LogP contribution in [-0.4, -0.2) is 29.8 Å². The molecule has 2 aromatic heterocycles. The Hall–Kier alpha value is -1.64. The van der Waals surface area contributed by atoms with Crippen LogP contribution >= 0.6 is 0 Å². The molecule has 2 heterocycles. The van der Waals surface area contributed by atoms with Gasteiger partial charge in [0.05, 0.1) is 17.7 Å². The number of hydrogen-bond donors (Lipinski definition) is 2. The van der Waals surface area contributed by atoms with E-state index in [2.05, 4.69) is 9.82 Å². The largest absolute Gasteiger partial charge is 0.466 e. The summed E-state index contributed by atoms with van der Waals surface area (Å²) in [5.74, 6) is 0.296. The van der Waals surface area contributed by atoms with E-state index in [1.807, 2.05) is 0 Å².